The summed E-state index contributed by atoms with van der Waals surface area (Å²) in [5.74, 6) is 0. The van der Waals surface area contributed by atoms with Gasteiger partial charge in [-0.1, -0.05) is 0 Å². The molecule has 0 atom stereocenters. The van der Waals surface area contributed by atoms with E-state index in [1.165, 1.54) is 0 Å². The summed E-state index contributed by atoms with van der Waals surface area (Å²) in [6.07, 6.45) is 0. The molecule has 61 heavy (non-hydrogen) atoms. The second-order valence-electron chi connectivity index (χ2n) is 6.16. The van der Waals surface area contributed by atoms with E-state index in [9.17, 15) is 0 Å². The molecule has 0 saturated heterocycles. The van der Waals surface area contributed by atoms with Crippen molar-refractivity contribution in [3.05, 3.63) is 0 Å². The van der Waals surface area contributed by atoms with Gasteiger partial charge in [0.2, 0.25) is 0 Å². The van der Waals surface area contributed by atoms with Gasteiger partial charge in [-0.15, -0.1) is 0 Å². The van der Waals surface area contributed by atoms with Crippen LogP contribution in [-0.2, 0) is 71.8 Å². The van der Waals surface area contributed by atoms with Gasteiger partial charge in [0, 0.05) is 17.1 Å². The van der Waals surface area contributed by atoms with Crippen LogP contribution in [0, 0.1) is 0 Å². The number of phosphoric acid groups is 12. The summed E-state index contributed by atoms with van der Waals surface area (Å²) in [5.41, 5.74) is 0. The van der Waals surface area contributed by atoms with Gasteiger partial charge in [0.25, 0.3) is 0 Å². The van der Waals surface area contributed by atoms with Crippen LogP contribution in [0.5, 0.6) is 0 Å². The molecule has 0 bridgehead atoms. The molecule has 0 aliphatic carbocycles. The van der Waals surface area contributed by atoms with E-state index in [0.29, 0.717) is 0 Å². The molecule has 392 valence electrons. The van der Waals surface area contributed by atoms with Gasteiger partial charge < -0.3 is 176 Å². The molecule has 0 fully saturated rings. The Bertz CT molecular complexity index is 1030. The topological polar surface area (TPSA) is 933 Å². The summed E-state index contributed by atoms with van der Waals surface area (Å²) in [6.45, 7) is 0. The van der Waals surface area contributed by atoms with Crippen LogP contribution in [-0.4, -0.2) is 176 Å². The van der Waals surface area contributed by atoms with Gasteiger partial charge in [0.15, 0.2) is 0 Å². The Morgan fingerprint density at radius 3 is 0.115 bits per heavy atom. The maximum atomic E-state index is 8.88. The number of hydrogen-bond donors (Lipinski definition) is 36. The zero-order chi connectivity index (χ0) is 54.0. The van der Waals surface area contributed by atoms with E-state index in [1.54, 1.807) is 0 Å². The summed E-state index contributed by atoms with van der Waals surface area (Å²) in [5, 5.41) is 0. The molecule has 0 aromatic carbocycles. The van der Waals surface area contributed by atoms with Gasteiger partial charge in [-0.25, -0.2) is 54.8 Å². The van der Waals surface area contributed by atoms with Crippen molar-refractivity contribution in [1.29, 1.82) is 0 Å². The third-order valence-electron chi connectivity index (χ3n) is 0. The van der Waals surface area contributed by atoms with E-state index in [-0.39, 0.29) is 17.1 Å². The van der Waals surface area contributed by atoms with Crippen molar-refractivity contribution in [3.63, 3.8) is 0 Å². The Hall–Kier alpha value is 1.84. The normalized spacial score (nSPS) is 11.6. The van der Waals surface area contributed by atoms with Crippen molar-refractivity contribution in [1.82, 2.24) is 0 Å². The fourth-order valence-electron chi connectivity index (χ4n) is 0. The molecule has 0 spiro atoms. The van der Waals surface area contributed by atoms with Gasteiger partial charge in [-0.05, 0) is 0 Å². The van der Waals surface area contributed by atoms with Gasteiger partial charge >= 0.3 is 93.9 Å². The van der Waals surface area contributed by atoms with Gasteiger partial charge in [-0.2, -0.15) is 0 Å². The summed E-state index contributed by atoms with van der Waals surface area (Å²) < 4.78 is 107. The minimum atomic E-state index is -4.64. The molecule has 0 radical (unpaired) electrons. The van der Waals surface area contributed by atoms with Crippen molar-refractivity contribution in [3.8, 4) is 0 Å². The first-order valence-electron chi connectivity index (χ1n) is 9.39. The van der Waals surface area contributed by atoms with E-state index in [0.717, 1.165) is 0 Å². The smallest absolute Gasteiger partial charge is 0.303 e. The van der Waals surface area contributed by atoms with Crippen LogP contribution in [0.3, 0.4) is 0 Å². The second-order valence-corrected chi connectivity index (χ2v) is 18.5. The zero-order valence-electron chi connectivity index (χ0n) is 26.7. The largest absolute Gasteiger partial charge is 0.466 e. The fourth-order valence-corrected chi connectivity index (χ4v) is 0. The molecule has 0 unspecified atom stereocenters. The molecule has 0 heterocycles. The predicted octanol–water partition coefficient (Wildman–Crippen LogP) is -11.1. The van der Waals surface area contributed by atoms with Gasteiger partial charge in [-0.3, -0.25) is 0 Å². The Morgan fingerprint density at radius 2 is 0.115 bits per heavy atom. The van der Waals surface area contributed by atoms with Crippen LogP contribution in [0.15, 0.2) is 0 Å². The van der Waals surface area contributed by atoms with Crippen LogP contribution >= 0.6 is 93.9 Å². The van der Waals surface area contributed by atoms with E-state index < -0.39 is 93.9 Å². The molecule has 0 rings (SSSR count). The molecular formula is H36FeO48P12. The first-order valence-corrected chi connectivity index (χ1v) is 28.2. The first kappa shape index (κ1) is 96.7. The Kier molecular flexibility index (Phi) is 66.6. The molecule has 0 saturated carbocycles. The average Bonchev–Trinajstić information content (AvgIpc) is 2.48. The second kappa shape index (κ2) is 42.0. The van der Waals surface area contributed by atoms with Crippen LogP contribution in [0.2, 0.25) is 0 Å². The van der Waals surface area contributed by atoms with E-state index >= 15 is 0 Å². The molecule has 0 amide bonds. The monoisotopic (exact) mass is 1230 g/mol. The first-order chi connectivity index (χ1) is 24.0. The van der Waals surface area contributed by atoms with Crippen LogP contribution in [0.1, 0.15) is 0 Å². The maximum Gasteiger partial charge on any atom is 0.466 e. The Labute approximate surface area is 341 Å². The van der Waals surface area contributed by atoms with Crippen molar-refractivity contribution >= 4 is 93.9 Å². The van der Waals surface area contributed by atoms with Gasteiger partial charge in [0.05, 0.1) is 0 Å². The molecule has 61 heteroatoms. The molecule has 36 N–H and O–H groups in total. The Morgan fingerprint density at radius 1 is 0.115 bits per heavy atom. The molecule has 0 aromatic heterocycles. The molecule has 0 aromatic rings. The maximum absolute atomic E-state index is 8.88. The number of rotatable bonds is 0. The Balaban J connectivity index is -0.0000000374. The average molecular weight is 1230 g/mol. The van der Waals surface area contributed by atoms with Crippen LogP contribution < -0.4 is 0 Å². The third kappa shape index (κ3) is 65400. The summed E-state index contributed by atoms with van der Waals surface area (Å²) in [7, 11) is -55.7. The van der Waals surface area contributed by atoms with Crippen LogP contribution in [0.25, 0.3) is 0 Å². The third-order valence-corrected chi connectivity index (χ3v) is 0. The van der Waals surface area contributed by atoms with E-state index in [4.69, 9.17) is 231 Å². The summed E-state index contributed by atoms with van der Waals surface area (Å²) >= 11 is 0. The fraction of sp³-hybridized carbons (Fsp3) is 0. The van der Waals surface area contributed by atoms with Crippen molar-refractivity contribution in [2.45, 2.75) is 0 Å². The number of hydrogen-bond acceptors (Lipinski definition) is 12. The minimum Gasteiger partial charge on any atom is -0.303 e. The zero-order valence-corrected chi connectivity index (χ0v) is 38.6. The van der Waals surface area contributed by atoms with Crippen molar-refractivity contribution < 1.29 is 248 Å². The standard InChI is InChI=1S/Fe.12H3O4P/c;12*1-5(2,3)4/h;12*(H3,1,2,3,4). The molecule has 0 aliphatic heterocycles. The molecule has 48 nitrogen and oxygen atoms in total. The molecule has 0 aliphatic rings. The van der Waals surface area contributed by atoms with E-state index in [2.05, 4.69) is 0 Å². The van der Waals surface area contributed by atoms with Gasteiger partial charge in [0.1, 0.15) is 0 Å². The van der Waals surface area contributed by atoms with Crippen molar-refractivity contribution in [2.75, 3.05) is 0 Å². The van der Waals surface area contributed by atoms with Crippen LogP contribution in [0.4, 0.5) is 0 Å². The SMILES string of the molecule is O=P(O)(O)O.O=P(O)(O)O.O=P(O)(O)O.O=P(O)(O)O.O=P(O)(O)O.O=P(O)(O)O.O=P(O)(O)O.O=P(O)(O)O.O=P(O)(O)O.O=P(O)(O)O.O=P(O)(O)O.O=P(O)(O)O.[Fe]. The summed E-state index contributed by atoms with van der Waals surface area (Å²) in [6, 6.07) is 0. The predicted molar refractivity (Wildman–Crippen MR) is 171 cm³/mol. The minimum absolute atomic E-state index is 0. The molecular weight excluding hydrogens is 1200 g/mol. The quantitative estimate of drug-likeness (QED) is 0.0791. The summed E-state index contributed by atoms with van der Waals surface area (Å²) in [4.78, 5) is 259. The van der Waals surface area contributed by atoms with Crippen molar-refractivity contribution in [2.24, 2.45) is 0 Å². The van der Waals surface area contributed by atoms with E-state index in [1.807, 2.05) is 0 Å².